The number of hydrogen-bond acceptors (Lipinski definition) is 4. The average Bonchev–Trinajstić information content (AvgIpc) is 3.13. The number of carbonyl (C=O) groups is 1. The molecule has 0 fully saturated rings. The van der Waals surface area contributed by atoms with Crippen LogP contribution in [0.25, 0.3) is 10.9 Å². The lowest BCUT2D eigenvalue weighted by atomic mass is 10.2. The van der Waals surface area contributed by atoms with E-state index in [2.05, 4.69) is 25.8 Å². The maximum absolute atomic E-state index is 11.8. The summed E-state index contributed by atoms with van der Waals surface area (Å²) in [6.45, 7) is 3.19. The summed E-state index contributed by atoms with van der Waals surface area (Å²) in [5, 5.41) is 18.1. The van der Waals surface area contributed by atoms with Gasteiger partial charge in [0.2, 0.25) is 0 Å². The van der Waals surface area contributed by atoms with Crippen LogP contribution >= 0.6 is 0 Å². The van der Waals surface area contributed by atoms with Gasteiger partial charge < -0.3 is 5.32 Å². The number of fused-ring (bicyclic) bond motifs is 1. The van der Waals surface area contributed by atoms with E-state index in [9.17, 15) is 4.79 Å². The van der Waals surface area contributed by atoms with Gasteiger partial charge in [-0.25, -0.2) is 0 Å². The molecule has 0 spiro atoms. The number of benzene rings is 1. The summed E-state index contributed by atoms with van der Waals surface area (Å²) in [5.41, 5.74) is 2.18. The monoisotopic (exact) mass is 270 g/mol. The molecule has 7 heteroatoms. The summed E-state index contributed by atoms with van der Waals surface area (Å²) in [5.74, 6) is -0.270. The normalized spacial score (nSPS) is 10.8. The van der Waals surface area contributed by atoms with Crippen LogP contribution in [0, 0.1) is 0 Å². The van der Waals surface area contributed by atoms with Crippen molar-refractivity contribution in [2.24, 2.45) is 0 Å². The predicted molar refractivity (Wildman–Crippen MR) is 73.0 cm³/mol. The first kappa shape index (κ1) is 12.3. The molecule has 0 atom stereocenters. The van der Waals surface area contributed by atoms with Gasteiger partial charge in [0.25, 0.3) is 5.91 Å². The molecule has 0 saturated carbocycles. The number of nitrogens with zero attached hydrogens (tertiary/aromatic N) is 4. The Morgan fingerprint density at radius 1 is 1.40 bits per heavy atom. The Morgan fingerprint density at radius 3 is 3.00 bits per heavy atom. The molecule has 2 aromatic heterocycles. The minimum Gasteiger partial charge on any atom is -0.345 e. The minimum absolute atomic E-state index is 0.268. The van der Waals surface area contributed by atoms with Crippen LogP contribution in [0.5, 0.6) is 0 Å². The highest BCUT2D eigenvalue weighted by molar-refractivity contribution is 5.92. The molecule has 0 unspecified atom stereocenters. The molecule has 0 aliphatic carbocycles. The largest absolute Gasteiger partial charge is 0.345 e. The first-order valence-electron chi connectivity index (χ1n) is 6.38. The number of aromatic nitrogens is 5. The summed E-state index contributed by atoms with van der Waals surface area (Å²) in [6, 6.07) is 7.97. The highest BCUT2D eigenvalue weighted by atomic mass is 16.1. The van der Waals surface area contributed by atoms with Gasteiger partial charge in [-0.2, -0.15) is 20.5 Å². The number of amides is 1. The van der Waals surface area contributed by atoms with E-state index in [1.807, 2.05) is 35.9 Å². The van der Waals surface area contributed by atoms with Crippen molar-refractivity contribution in [3.8, 4) is 0 Å². The highest BCUT2D eigenvalue weighted by Gasteiger charge is 2.12. The van der Waals surface area contributed by atoms with Crippen LogP contribution in [0.1, 0.15) is 23.1 Å². The van der Waals surface area contributed by atoms with Crippen LogP contribution in [0.2, 0.25) is 0 Å². The van der Waals surface area contributed by atoms with E-state index >= 15 is 0 Å². The molecule has 2 N–H and O–H groups in total. The molecule has 7 nitrogen and oxygen atoms in total. The van der Waals surface area contributed by atoms with Crippen molar-refractivity contribution in [2.75, 3.05) is 0 Å². The lowest BCUT2D eigenvalue weighted by Crippen LogP contribution is -2.23. The van der Waals surface area contributed by atoms with Gasteiger partial charge in [-0.1, -0.05) is 18.2 Å². The van der Waals surface area contributed by atoms with Gasteiger partial charge in [0.05, 0.1) is 24.0 Å². The van der Waals surface area contributed by atoms with E-state index in [4.69, 9.17) is 0 Å². The Labute approximate surface area is 115 Å². The lowest BCUT2D eigenvalue weighted by molar-refractivity contribution is 0.0945. The van der Waals surface area contributed by atoms with Crippen molar-refractivity contribution >= 4 is 16.8 Å². The fraction of sp³-hybridized carbons (Fsp3) is 0.231. The number of hydrogen-bond donors (Lipinski definition) is 2. The number of H-pyrrole nitrogens is 1. The SMILES string of the molecule is CCn1nc(CNC(=O)c2cn[nH]n2)c2ccccc21. The molecule has 3 aromatic rings. The van der Waals surface area contributed by atoms with Crippen molar-refractivity contribution in [2.45, 2.75) is 20.0 Å². The number of rotatable bonds is 4. The molecule has 102 valence electrons. The van der Waals surface area contributed by atoms with Crippen LogP contribution in [-0.2, 0) is 13.1 Å². The fourth-order valence-electron chi connectivity index (χ4n) is 2.13. The number of nitrogens with one attached hydrogen (secondary N) is 2. The molecular weight excluding hydrogens is 256 g/mol. The van der Waals surface area contributed by atoms with Crippen LogP contribution in [0.3, 0.4) is 0 Å². The molecule has 0 radical (unpaired) electrons. The maximum Gasteiger partial charge on any atom is 0.273 e. The number of para-hydroxylation sites is 1. The van der Waals surface area contributed by atoms with Gasteiger partial charge in [-0.05, 0) is 13.0 Å². The van der Waals surface area contributed by atoms with E-state index < -0.39 is 0 Å². The van der Waals surface area contributed by atoms with E-state index in [0.29, 0.717) is 6.54 Å². The zero-order chi connectivity index (χ0) is 13.9. The topological polar surface area (TPSA) is 88.5 Å². The van der Waals surface area contributed by atoms with Crippen molar-refractivity contribution in [3.05, 3.63) is 41.9 Å². The molecule has 1 amide bonds. The minimum atomic E-state index is -0.270. The second-order valence-electron chi connectivity index (χ2n) is 4.32. The Hall–Kier alpha value is -2.70. The van der Waals surface area contributed by atoms with Crippen LogP contribution in [-0.4, -0.2) is 31.1 Å². The molecule has 1 aromatic carbocycles. The molecule has 0 aliphatic heterocycles. The van der Waals surface area contributed by atoms with Gasteiger partial charge in [-0.3, -0.25) is 9.48 Å². The Morgan fingerprint density at radius 2 is 2.25 bits per heavy atom. The van der Waals surface area contributed by atoms with Crippen molar-refractivity contribution in [1.82, 2.24) is 30.5 Å². The molecule has 0 aliphatic rings. The van der Waals surface area contributed by atoms with E-state index in [1.54, 1.807) is 0 Å². The number of aromatic amines is 1. The third-order valence-corrected chi connectivity index (χ3v) is 3.10. The number of carbonyl (C=O) groups excluding carboxylic acids is 1. The fourth-order valence-corrected chi connectivity index (χ4v) is 2.13. The maximum atomic E-state index is 11.8. The second-order valence-corrected chi connectivity index (χ2v) is 4.32. The summed E-state index contributed by atoms with van der Waals surface area (Å²) in [4.78, 5) is 11.8. The van der Waals surface area contributed by atoms with Gasteiger partial charge in [-0.15, -0.1) is 0 Å². The van der Waals surface area contributed by atoms with Crippen LogP contribution in [0.15, 0.2) is 30.5 Å². The molecule has 0 saturated heterocycles. The van der Waals surface area contributed by atoms with E-state index in [-0.39, 0.29) is 11.6 Å². The first-order chi connectivity index (χ1) is 9.79. The zero-order valence-corrected chi connectivity index (χ0v) is 11.0. The molecule has 20 heavy (non-hydrogen) atoms. The summed E-state index contributed by atoms with van der Waals surface area (Å²) in [7, 11) is 0. The van der Waals surface area contributed by atoms with E-state index in [0.717, 1.165) is 23.1 Å². The van der Waals surface area contributed by atoms with Crippen molar-refractivity contribution < 1.29 is 4.79 Å². The van der Waals surface area contributed by atoms with Gasteiger partial charge in [0, 0.05) is 11.9 Å². The summed E-state index contributed by atoms with van der Waals surface area (Å²) in [6.07, 6.45) is 1.39. The summed E-state index contributed by atoms with van der Waals surface area (Å²) >= 11 is 0. The third kappa shape index (κ3) is 2.13. The zero-order valence-electron chi connectivity index (χ0n) is 11.0. The highest BCUT2D eigenvalue weighted by Crippen LogP contribution is 2.18. The van der Waals surface area contributed by atoms with Gasteiger partial charge >= 0.3 is 0 Å². The van der Waals surface area contributed by atoms with E-state index in [1.165, 1.54) is 6.20 Å². The third-order valence-electron chi connectivity index (χ3n) is 3.10. The summed E-state index contributed by atoms with van der Waals surface area (Å²) < 4.78 is 1.92. The smallest absolute Gasteiger partial charge is 0.273 e. The number of aryl methyl sites for hydroxylation is 1. The Bertz CT molecular complexity index is 730. The van der Waals surface area contributed by atoms with Gasteiger partial charge in [0.1, 0.15) is 0 Å². The lowest BCUT2D eigenvalue weighted by Gasteiger charge is -2.00. The molecule has 3 rings (SSSR count). The predicted octanol–water partition coefficient (Wildman–Crippen LogP) is 1.10. The van der Waals surface area contributed by atoms with Crippen molar-refractivity contribution in [3.63, 3.8) is 0 Å². The Kier molecular flexibility index (Phi) is 3.16. The second kappa shape index (κ2) is 5.12. The average molecular weight is 270 g/mol. The molecule has 0 bridgehead atoms. The molecule has 2 heterocycles. The van der Waals surface area contributed by atoms with Crippen molar-refractivity contribution in [1.29, 1.82) is 0 Å². The Balaban J connectivity index is 1.83. The molecular formula is C13H14N6O. The van der Waals surface area contributed by atoms with Crippen LogP contribution in [0.4, 0.5) is 0 Å². The first-order valence-corrected chi connectivity index (χ1v) is 6.38. The quantitative estimate of drug-likeness (QED) is 0.743. The van der Waals surface area contributed by atoms with Gasteiger partial charge in [0.15, 0.2) is 5.69 Å². The standard InChI is InChI=1S/C13H14N6O/c1-2-19-12-6-4-3-5-9(12)10(17-19)7-14-13(20)11-8-15-18-16-11/h3-6,8H,2,7H2,1H3,(H,14,20)(H,15,16,18). The van der Waals surface area contributed by atoms with Crippen LogP contribution < -0.4 is 5.32 Å².